The highest BCUT2D eigenvalue weighted by atomic mass is 16.5. The van der Waals surface area contributed by atoms with Crippen molar-refractivity contribution < 1.29 is 14.6 Å². The van der Waals surface area contributed by atoms with Gasteiger partial charge in [-0.1, -0.05) is 69.4 Å². The second-order valence-corrected chi connectivity index (χ2v) is 8.52. The van der Waals surface area contributed by atoms with Crippen LogP contribution in [0.5, 0.6) is 17.2 Å². The molecule has 0 aliphatic carbocycles. The topological polar surface area (TPSA) is 60.7 Å². The Hall–Kier alpha value is -2.95. The van der Waals surface area contributed by atoms with E-state index >= 15 is 0 Å². The predicted molar refractivity (Wildman–Crippen MR) is 130 cm³/mol. The molecule has 0 atom stereocenters. The highest BCUT2D eigenvalue weighted by molar-refractivity contribution is 5.89. The summed E-state index contributed by atoms with van der Waals surface area (Å²) in [6.45, 7) is 6.92. The quantitative estimate of drug-likeness (QED) is 0.324. The van der Waals surface area contributed by atoms with Crippen LogP contribution in [-0.2, 0) is 6.61 Å². The lowest BCUT2D eigenvalue weighted by Gasteiger charge is -2.20. The van der Waals surface area contributed by atoms with Gasteiger partial charge in [0.1, 0.15) is 12.4 Å². The molecule has 0 fully saturated rings. The standard InChI is InChI=1S/C27H35NO4/c1-4-5-6-7-8-12-17-31-26-25(32-19-21-13-10-9-11-14-21)23-16-15-22(29)18-24(23)28(20(2)3)27(26)30/h9-11,13-16,18,20,29H,4-8,12,17,19H2,1-3H3. The number of phenols is 1. The first kappa shape index (κ1) is 23.7. The Morgan fingerprint density at radius 1 is 0.906 bits per heavy atom. The van der Waals surface area contributed by atoms with E-state index in [-0.39, 0.29) is 23.1 Å². The fraction of sp³-hybridized carbons (Fsp3) is 0.444. The van der Waals surface area contributed by atoms with Gasteiger partial charge in [-0.05, 0) is 38.0 Å². The zero-order chi connectivity index (χ0) is 22.9. The van der Waals surface area contributed by atoms with Gasteiger partial charge in [-0.2, -0.15) is 0 Å². The summed E-state index contributed by atoms with van der Waals surface area (Å²) in [7, 11) is 0. The van der Waals surface area contributed by atoms with Crippen molar-refractivity contribution in [3.05, 3.63) is 64.4 Å². The van der Waals surface area contributed by atoms with E-state index in [0.29, 0.717) is 24.5 Å². The SMILES string of the molecule is CCCCCCCCOc1c(OCc2ccccc2)c2ccc(O)cc2n(C(C)C)c1=O. The molecule has 2 aromatic carbocycles. The Morgan fingerprint density at radius 2 is 1.62 bits per heavy atom. The van der Waals surface area contributed by atoms with E-state index < -0.39 is 0 Å². The first-order valence-corrected chi connectivity index (χ1v) is 11.7. The third-order valence-corrected chi connectivity index (χ3v) is 5.59. The predicted octanol–water partition coefficient (Wildman–Crippen LogP) is 6.61. The van der Waals surface area contributed by atoms with E-state index in [1.807, 2.05) is 44.2 Å². The summed E-state index contributed by atoms with van der Waals surface area (Å²) in [6, 6.07) is 14.8. The number of fused-ring (bicyclic) bond motifs is 1. The fourth-order valence-electron chi connectivity index (χ4n) is 3.92. The summed E-state index contributed by atoms with van der Waals surface area (Å²) >= 11 is 0. The molecule has 32 heavy (non-hydrogen) atoms. The van der Waals surface area contributed by atoms with Gasteiger partial charge < -0.3 is 19.1 Å². The van der Waals surface area contributed by atoms with Gasteiger partial charge >= 0.3 is 0 Å². The summed E-state index contributed by atoms with van der Waals surface area (Å²) in [5.74, 6) is 0.805. The maximum atomic E-state index is 13.4. The molecule has 0 saturated heterocycles. The van der Waals surface area contributed by atoms with Gasteiger partial charge in [0.25, 0.3) is 5.56 Å². The fourth-order valence-corrected chi connectivity index (χ4v) is 3.92. The van der Waals surface area contributed by atoms with Crippen LogP contribution < -0.4 is 15.0 Å². The van der Waals surface area contributed by atoms with Crippen molar-refractivity contribution in [2.75, 3.05) is 6.61 Å². The van der Waals surface area contributed by atoms with Crippen molar-refractivity contribution in [3.63, 3.8) is 0 Å². The van der Waals surface area contributed by atoms with Gasteiger partial charge in [0.05, 0.1) is 12.1 Å². The molecule has 172 valence electrons. The third-order valence-electron chi connectivity index (χ3n) is 5.59. The largest absolute Gasteiger partial charge is 0.508 e. The van der Waals surface area contributed by atoms with Gasteiger partial charge in [0.2, 0.25) is 5.75 Å². The van der Waals surface area contributed by atoms with Crippen molar-refractivity contribution in [2.45, 2.75) is 71.9 Å². The number of benzene rings is 2. The van der Waals surface area contributed by atoms with Crippen molar-refractivity contribution in [3.8, 4) is 17.2 Å². The van der Waals surface area contributed by atoms with Crippen molar-refractivity contribution in [1.29, 1.82) is 0 Å². The van der Waals surface area contributed by atoms with Crippen molar-refractivity contribution >= 4 is 10.9 Å². The van der Waals surface area contributed by atoms with Crippen LogP contribution in [0.1, 0.15) is 70.9 Å². The summed E-state index contributed by atoms with van der Waals surface area (Å²) in [5.41, 5.74) is 1.42. The Labute approximate surface area is 190 Å². The average molecular weight is 438 g/mol. The van der Waals surface area contributed by atoms with Crippen molar-refractivity contribution in [2.24, 2.45) is 0 Å². The van der Waals surface area contributed by atoms with Gasteiger partial charge in [-0.3, -0.25) is 4.79 Å². The van der Waals surface area contributed by atoms with E-state index in [9.17, 15) is 9.90 Å². The lowest BCUT2D eigenvalue weighted by Crippen LogP contribution is -2.25. The third kappa shape index (κ3) is 5.84. The maximum absolute atomic E-state index is 13.4. The van der Waals surface area contributed by atoms with Crippen LogP contribution in [0.25, 0.3) is 10.9 Å². The van der Waals surface area contributed by atoms with Gasteiger partial charge in [-0.15, -0.1) is 0 Å². The lowest BCUT2D eigenvalue weighted by molar-refractivity contribution is 0.254. The minimum absolute atomic E-state index is 0.0913. The highest BCUT2D eigenvalue weighted by Crippen LogP contribution is 2.36. The number of rotatable bonds is 12. The Bertz CT molecular complexity index is 1060. The zero-order valence-corrected chi connectivity index (χ0v) is 19.5. The number of pyridine rings is 1. The van der Waals surface area contributed by atoms with E-state index in [0.717, 1.165) is 23.8 Å². The molecule has 0 spiro atoms. The van der Waals surface area contributed by atoms with Crippen LogP contribution in [0.3, 0.4) is 0 Å². The molecule has 0 radical (unpaired) electrons. The molecular formula is C27H35NO4. The molecule has 0 aliphatic heterocycles. The number of hydrogen-bond acceptors (Lipinski definition) is 4. The first-order chi connectivity index (χ1) is 15.5. The van der Waals surface area contributed by atoms with Gasteiger partial charge in [0.15, 0.2) is 5.75 Å². The van der Waals surface area contributed by atoms with Gasteiger partial charge in [-0.25, -0.2) is 0 Å². The number of nitrogens with zero attached hydrogens (tertiary/aromatic N) is 1. The first-order valence-electron chi connectivity index (χ1n) is 11.7. The number of ether oxygens (including phenoxy) is 2. The van der Waals surface area contributed by atoms with Crippen LogP contribution in [0.2, 0.25) is 0 Å². The normalized spacial score (nSPS) is 11.2. The molecule has 5 nitrogen and oxygen atoms in total. The minimum atomic E-state index is -0.229. The Balaban J connectivity index is 1.93. The molecule has 1 aromatic heterocycles. The average Bonchev–Trinajstić information content (AvgIpc) is 2.78. The monoisotopic (exact) mass is 437 g/mol. The number of unbranched alkanes of at least 4 members (excludes halogenated alkanes) is 5. The van der Waals surface area contributed by atoms with E-state index in [1.54, 1.807) is 22.8 Å². The second-order valence-electron chi connectivity index (χ2n) is 8.52. The van der Waals surface area contributed by atoms with E-state index in [2.05, 4.69) is 6.92 Å². The number of aromatic hydroxyl groups is 1. The van der Waals surface area contributed by atoms with Crippen LogP contribution in [0, 0.1) is 0 Å². The van der Waals surface area contributed by atoms with Crippen molar-refractivity contribution in [1.82, 2.24) is 4.57 Å². The zero-order valence-electron chi connectivity index (χ0n) is 19.5. The van der Waals surface area contributed by atoms with E-state index in [1.165, 1.54) is 25.7 Å². The summed E-state index contributed by atoms with van der Waals surface area (Å²) in [5, 5.41) is 10.8. The molecule has 5 heteroatoms. The van der Waals surface area contributed by atoms with Crippen LogP contribution >= 0.6 is 0 Å². The molecule has 0 aliphatic rings. The van der Waals surface area contributed by atoms with Crippen LogP contribution in [-0.4, -0.2) is 16.3 Å². The second kappa shape index (κ2) is 11.6. The summed E-state index contributed by atoms with van der Waals surface area (Å²) in [4.78, 5) is 13.4. The molecule has 1 heterocycles. The summed E-state index contributed by atoms with van der Waals surface area (Å²) < 4.78 is 13.9. The highest BCUT2D eigenvalue weighted by Gasteiger charge is 2.21. The molecule has 0 saturated carbocycles. The molecule has 3 aromatic rings. The molecule has 0 bridgehead atoms. The molecule has 0 unspecified atom stereocenters. The Morgan fingerprint density at radius 3 is 2.34 bits per heavy atom. The summed E-state index contributed by atoms with van der Waals surface area (Å²) in [6.07, 6.45) is 6.88. The molecule has 1 N–H and O–H groups in total. The number of phenolic OH excluding ortho intramolecular Hbond substituents is 1. The Kier molecular flexibility index (Phi) is 8.60. The number of hydrogen-bond donors (Lipinski definition) is 1. The van der Waals surface area contributed by atoms with E-state index in [4.69, 9.17) is 9.47 Å². The van der Waals surface area contributed by atoms with Crippen LogP contribution in [0.4, 0.5) is 0 Å². The van der Waals surface area contributed by atoms with Crippen LogP contribution in [0.15, 0.2) is 53.3 Å². The molecular weight excluding hydrogens is 402 g/mol. The number of aromatic nitrogens is 1. The minimum Gasteiger partial charge on any atom is -0.508 e. The lowest BCUT2D eigenvalue weighted by atomic mass is 10.1. The molecule has 3 rings (SSSR count). The van der Waals surface area contributed by atoms with Gasteiger partial charge in [0, 0.05) is 17.5 Å². The smallest absolute Gasteiger partial charge is 0.297 e. The maximum Gasteiger partial charge on any atom is 0.297 e. The molecule has 0 amide bonds.